The predicted molar refractivity (Wildman–Crippen MR) is 58.3 cm³/mol. The van der Waals surface area contributed by atoms with E-state index >= 15 is 0 Å². The molecule has 0 aromatic carbocycles. The van der Waals surface area contributed by atoms with Crippen LogP contribution in [0.25, 0.3) is 0 Å². The highest BCUT2D eigenvalue weighted by Crippen LogP contribution is 2.15. The van der Waals surface area contributed by atoms with Crippen LogP contribution in [0.4, 0.5) is 5.82 Å². The Morgan fingerprint density at radius 2 is 2.00 bits per heavy atom. The maximum atomic E-state index is 4.15. The van der Waals surface area contributed by atoms with Crippen LogP contribution in [0.1, 0.15) is 18.5 Å². The lowest BCUT2D eigenvalue weighted by molar-refractivity contribution is 0.863. The van der Waals surface area contributed by atoms with Crippen LogP contribution in [-0.2, 0) is 0 Å². The maximum Gasteiger partial charge on any atom is 0.144 e. The van der Waals surface area contributed by atoms with Crippen molar-refractivity contribution in [3.8, 4) is 0 Å². The largest absolute Gasteiger partial charge is 0.362 e. The Hall–Kier alpha value is -1.97. The third kappa shape index (κ3) is 2.49. The van der Waals surface area contributed by atoms with Gasteiger partial charge in [-0.3, -0.25) is 9.97 Å². The van der Waals surface area contributed by atoms with Gasteiger partial charge in [-0.05, 0) is 18.6 Å². The lowest BCUT2D eigenvalue weighted by Gasteiger charge is -2.13. The standard InChI is InChI=1S/C11H12N4/c1-9(10-3-2-4-12-7-10)15-11-8-13-5-6-14-11/h2-9H,1H3,(H,14,15). The van der Waals surface area contributed by atoms with Gasteiger partial charge in [0.05, 0.1) is 12.2 Å². The fourth-order valence-corrected chi connectivity index (χ4v) is 1.31. The number of nitrogens with zero attached hydrogens (tertiary/aromatic N) is 3. The molecule has 0 aliphatic heterocycles. The van der Waals surface area contributed by atoms with E-state index in [1.165, 1.54) is 0 Å². The zero-order valence-electron chi connectivity index (χ0n) is 8.46. The van der Waals surface area contributed by atoms with Gasteiger partial charge in [-0.2, -0.15) is 0 Å². The Balaban J connectivity index is 2.08. The molecule has 4 heteroatoms. The summed E-state index contributed by atoms with van der Waals surface area (Å²) in [5, 5.41) is 3.24. The Bertz CT molecular complexity index is 401. The highest BCUT2D eigenvalue weighted by molar-refractivity contribution is 5.34. The fraction of sp³-hybridized carbons (Fsp3) is 0.182. The van der Waals surface area contributed by atoms with Gasteiger partial charge in [-0.25, -0.2) is 4.98 Å². The van der Waals surface area contributed by atoms with E-state index in [9.17, 15) is 0 Å². The summed E-state index contributed by atoms with van der Waals surface area (Å²) in [6.07, 6.45) is 8.62. The van der Waals surface area contributed by atoms with E-state index in [2.05, 4.69) is 27.2 Å². The van der Waals surface area contributed by atoms with Crippen molar-refractivity contribution < 1.29 is 0 Å². The van der Waals surface area contributed by atoms with Crippen molar-refractivity contribution in [2.75, 3.05) is 5.32 Å². The molecular weight excluding hydrogens is 188 g/mol. The van der Waals surface area contributed by atoms with Crippen LogP contribution >= 0.6 is 0 Å². The first-order valence-corrected chi connectivity index (χ1v) is 4.79. The molecule has 15 heavy (non-hydrogen) atoms. The van der Waals surface area contributed by atoms with Gasteiger partial charge >= 0.3 is 0 Å². The molecule has 0 aliphatic carbocycles. The van der Waals surface area contributed by atoms with Crippen LogP contribution in [-0.4, -0.2) is 15.0 Å². The fourth-order valence-electron chi connectivity index (χ4n) is 1.31. The molecule has 2 rings (SSSR count). The summed E-state index contributed by atoms with van der Waals surface area (Å²) in [5.74, 6) is 0.772. The molecule has 0 saturated carbocycles. The Morgan fingerprint density at radius 1 is 1.13 bits per heavy atom. The summed E-state index contributed by atoms with van der Waals surface area (Å²) < 4.78 is 0. The molecule has 4 nitrogen and oxygen atoms in total. The second-order valence-corrected chi connectivity index (χ2v) is 3.24. The van der Waals surface area contributed by atoms with Crippen molar-refractivity contribution in [1.29, 1.82) is 0 Å². The van der Waals surface area contributed by atoms with Crippen molar-refractivity contribution in [2.45, 2.75) is 13.0 Å². The minimum atomic E-state index is 0.176. The third-order valence-corrected chi connectivity index (χ3v) is 2.11. The average Bonchev–Trinajstić information content (AvgIpc) is 2.31. The van der Waals surface area contributed by atoms with Crippen molar-refractivity contribution in [2.24, 2.45) is 0 Å². The molecule has 0 saturated heterocycles. The van der Waals surface area contributed by atoms with Crippen molar-refractivity contribution in [3.05, 3.63) is 48.7 Å². The van der Waals surface area contributed by atoms with E-state index in [-0.39, 0.29) is 6.04 Å². The smallest absolute Gasteiger partial charge is 0.144 e. The van der Waals surface area contributed by atoms with Crippen LogP contribution < -0.4 is 5.32 Å². The van der Waals surface area contributed by atoms with Gasteiger partial charge in [0.1, 0.15) is 5.82 Å². The third-order valence-electron chi connectivity index (χ3n) is 2.11. The van der Waals surface area contributed by atoms with Gasteiger partial charge in [0, 0.05) is 24.8 Å². The maximum absolute atomic E-state index is 4.15. The van der Waals surface area contributed by atoms with Crippen LogP contribution in [0.15, 0.2) is 43.1 Å². The zero-order chi connectivity index (χ0) is 10.5. The van der Waals surface area contributed by atoms with Gasteiger partial charge in [0.2, 0.25) is 0 Å². The molecule has 0 fully saturated rings. The molecule has 1 atom stereocenters. The molecule has 76 valence electrons. The number of nitrogens with one attached hydrogen (secondary N) is 1. The van der Waals surface area contributed by atoms with Crippen LogP contribution in [0, 0.1) is 0 Å². The molecule has 0 bridgehead atoms. The topological polar surface area (TPSA) is 50.7 Å². The van der Waals surface area contributed by atoms with Crippen LogP contribution in [0.2, 0.25) is 0 Å². The van der Waals surface area contributed by atoms with Crippen molar-refractivity contribution >= 4 is 5.82 Å². The van der Waals surface area contributed by atoms with E-state index in [0.717, 1.165) is 11.4 Å². The lowest BCUT2D eigenvalue weighted by Crippen LogP contribution is -2.08. The van der Waals surface area contributed by atoms with E-state index in [1.54, 1.807) is 24.8 Å². The van der Waals surface area contributed by atoms with Crippen LogP contribution in [0.5, 0.6) is 0 Å². The molecule has 2 aromatic rings. The van der Waals surface area contributed by atoms with Gasteiger partial charge in [0.25, 0.3) is 0 Å². The normalized spacial score (nSPS) is 12.1. The monoisotopic (exact) mass is 200 g/mol. The van der Waals surface area contributed by atoms with Gasteiger partial charge < -0.3 is 5.32 Å². The van der Waals surface area contributed by atoms with E-state index in [1.807, 2.05) is 18.3 Å². The number of aromatic nitrogens is 3. The van der Waals surface area contributed by atoms with Gasteiger partial charge in [-0.1, -0.05) is 6.07 Å². The predicted octanol–water partition coefficient (Wildman–Crippen LogP) is 2.04. The molecule has 1 unspecified atom stereocenters. The Kier molecular flexibility index (Phi) is 2.88. The molecule has 0 aliphatic rings. The number of hydrogen-bond acceptors (Lipinski definition) is 4. The van der Waals surface area contributed by atoms with Crippen molar-refractivity contribution in [3.63, 3.8) is 0 Å². The minimum absolute atomic E-state index is 0.176. The lowest BCUT2D eigenvalue weighted by atomic mass is 10.1. The summed E-state index contributed by atoms with van der Waals surface area (Å²) in [7, 11) is 0. The second-order valence-electron chi connectivity index (χ2n) is 3.24. The highest BCUT2D eigenvalue weighted by Gasteiger charge is 2.04. The minimum Gasteiger partial charge on any atom is -0.362 e. The van der Waals surface area contributed by atoms with Crippen molar-refractivity contribution in [1.82, 2.24) is 15.0 Å². The summed E-state index contributed by atoms with van der Waals surface area (Å²) in [6.45, 7) is 2.06. The van der Waals surface area contributed by atoms with Crippen LogP contribution in [0.3, 0.4) is 0 Å². The number of hydrogen-bond donors (Lipinski definition) is 1. The number of pyridine rings is 1. The average molecular weight is 200 g/mol. The summed E-state index contributed by atoms with van der Waals surface area (Å²) in [4.78, 5) is 12.2. The number of rotatable bonds is 3. The molecule has 0 spiro atoms. The molecular formula is C11H12N4. The SMILES string of the molecule is CC(Nc1cnccn1)c1cccnc1. The van der Waals surface area contributed by atoms with E-state index in [4.69, 9.17) is 0 Å². The van der Waals surface area contributed by atoms with Gasteiger partial charge in [-0.15, -0.1) is 0 Å². The number of anilines is 1. The summed E-state index contributed by atoms with van der Waals surface area (Å²) >= 11 is 0. The first-order valence-electron chi connectivity index (χ1n) is 4.79. The molecule has 1 N–H and O–H groups in total. The van der Waals surface area contributed by atoms with E-state index < -0.39 is 0 Å². The van der Waals surface area contributed by atoms with E-state index in [0.29, 0.717) is 0 Å². The Morgan fingerprint density at radius 3 is 2.67 bits per heavy atom. The first kappa shape index (κ1) is 9.58. The highest BCUT2D eigenvalue weighted by atomic mass is 15.0. The molecule has 0 amide bonds. The summed E-state index contributed by atoms with van der Waals surface area (Å²) in [5.41, 5.74) is 1.13. The molecule has 2 aromatic heterocycles. The first-order chi connectivity index (χ1) is 7.36. The zero-order valence-corrected chi connectivity index (χ0v) is 8.46. The molecule has 0 radical (unpaired) electrons. The Labute approximate surface area is 88.4 Å². The summed E-state index contributed by atoms with van der Waals surface area (Å²) in [6, 6.07) is 4.13. The second kappa shape index (κ2) is 4.50. The van der Waals surface area contributed by atoms with Gasteiger partial charge in [0.15, 0.2) is 0 Å². The molecule has 2 heterocycles. The quantitative estimate of drug-likeness (QED) is 0.823.